The van der Waals surface area contributed by atoms with Crippen LogP contribution in [0.1, 0.15) is 38.5 Å². The molecule has 0 heterocycles. The van der Waals surface area contributed by atoms with Crippen LogP contribution in [0.3, 0.4) is 0 Å². The van der Waals surface area contributed by atoms with Crippen LogP contribution in [0.2, 0.25) is 0 Å². The van der Waals surface area contributed by atoms with Gasteiger partial charge in [0.1, 0.15) is 0 Å². The van der Waals surface area contributed by atoms with Crippen molar-refractivity contribution in [2.75, 3.05) is 0 Å². The fourth-order valence-electron chi connectivity index (χ4n) is 2.93. The van der Waals surface area contributed by atoms with Gasteiger partial charge in [0.05, 0.1) is 0 Å². The van der Waals surface area contributed by atoms with Crippen LogP contribution >= 0.6 is 17.2 Å². The topological polar surface area (TPSA) is 0 Å². The molecule has 2 aliphatic carbocycles. The average Bonchev–Trinajstić information content (AvgIpc) is 3.11. The number of rotatable bonds is 8. The van der Waals surface area contributed by atoms with Crippen molar-refractivity contribution in [2.45, 2.75) is 38.5 Å². The third-order valence-corrected chi connectivity index (χ3v) is 20.7. The molecule has 0 fully saturated rings. The van der Waals surface area contributed by atoms with Gasteiger partial charge in [0.15, 0.2) is 0 Å². The molecular formula is C18H22Cl2Hf. The second kappa shape index (κ2) is 7.94. The summed E-state index contributed by atoms with van der Waals surface area (Å²) in [5.74, 6) is 0. The van der Waals surface area contributed by atoms with E-state index in [1.54, 1.807) is 0 Å². The van der Waals surface area contributed by atoms with E-state index in [0.717, 1.165) is 38.5 Å². The molecule has 0 saturated carbocycles. The van der Waals surface area contributed by atoms with Crippen LogP contribution in [0.25, 0.3) is 0 Å². The van der Waals surface area contributed by atoms with Crippen molar-refractivity contribution in [3.05, 3.63) is 67.4 Å². The average molecular weight is 488 g/mol. The first-order valence-electron chi connectivity index (χ1n) is 7.49. The van der Waals surface area contributed by atoms with Gasteiger partial charge in [-0.05, 0) is 0 Å². The normalized spacial score (nSPS) is 18.0. The van der Waals surface area contributed by atoms with Gasteiger partial charge in [-0.1, -0.05) is 0 Å². The summed E-state index contributed by atoms with van der Waals surface area (Å²) < 4.78 is 2.73. The number of halogens is 2. The molecule has 0 amide bonds. The maximum absolute atomic E-state index is 7.04. The van der Waals surface area contributed by atoms with E-state index in [1.807, 2.05) is 12.2 Å². The SMILES string of the molecule is C=CCCC1=[C]([Hf]([Cl])([Cl])[C]2=C(CCC=C)C=CC2)CC=C1. The van der Waals surface area contributed by atoms with E-state index in [-0.39, 0.29) is 0 Å². The van der Waals surface area contributed by atoms with E-state index in [9.17, 15) is 0 Å². The van der Waals surface area contributed by atoms with E-state index in [4.69, 9.17) is 17.2 Å². The van der Waals surface area contributed by atoms with Crippen molar-refractivity contribution < 1.29 is 17.6 Å². The van der Waals surface area contributed by atoms with Gasteiger partial charge in [-0.2, -0.15) is 0 Å². The Kier molecular flexibility index (Phi) is 6.52. The van der Waals surface area contributed by atoms with Gasteiger partial charge >= 0.3 is 141 Å². The van der Waals surface area contributed by atoms with E-state index < -0.39 is 17.6 Å². The molecular weight excluding hydrogens is 466 g/mol. The zero-order valence-electron chi connectivity index (χ0n) is 12.4. The number of allylic oxidation sites excluding steroid dienone is 10. The maximum atomic E-state index is 7.04. The fourth-order valence-corrected chi connectivity index (χ4v) is 17.8. The molecule has 0 nitrogen and oxygen atoms in total. The van der Waals surface area contributed by atoms with Crippen LogP contribution in [0.5, 0.6) is 0 Å². The monoisotopic (exact) mass is 488 g/mol. The first kappa shape index (κ1) is 17.2. The van der Waals surface area contributed by atoms with Gasteiger partial charge in [-0.15, -0.1) is 0 Å². The zero-order chi connectivity index (χ0) is 15.3. The van der Waals surface area contributed by atoms with Crippen LogP contribution in [-0.2, 0) is 17.6 Å². The summed E-state index contributed by atoms with van der Waals surface area (Å²) >= 11 is -3.55. The molecule has 21 heavy (non-hydrogen) atoms. The molecule has 0 aromatic rings. The van der Waals surface area contributed by atoms with Crippen molar-refractivity contribution in [3.8, 4) is 0 Å². The second-order valence-electron chi connectivity index (χ2n) is 5.45. The van der Waals surface area contributed by atoms with Crippen molar-refractivity contribution in [1.82, 2.24) is 0 Å². The summed E-state index contributed by atoms with van der Waals surface area (Å²) in [6.45, 7) is 7.62. The molecule has 0 spiro atoms. The summed E-state index contributed by atoms with van der Waals surface area (Å²) in [5.41, 5.74) is 2.73. The van der Waals surface area contributed by atoms with Crippen LogP contribution in [0.15, 0.2) is 67.4 Å². The molecule has 112 valence electrons. The number of hydrogen-bond donors (Lipinski definition) is 0. The summed E-state index contributed by atoms with van der Waals surface area (Å²) in [4.78, 5) is 0. The van der Waals surface area contributed by atoms with Crippen molar-refractivity contribution in [3.63, 3.8) is 0 Å². The van der Waals surface area contributed by atoms with E-state index in [1.165, 1.54) is 17.8 Å². The molecule has 2 rings (SSSR count). The zero-order valence-corrected chi connectivity index (χ0v) is 17.5. The summed E-state index contributed by atoms with van der Waals surface area (Å²) in [7, 11) is 14.1. The van der Waals surface area contributed by atoms with E-state index in [0.29, 0.717) is 0 Å². The van der Waals surface area contributed by atoms with Gasteiger partial charge in [0, 0.05) is 0 Å². The van der Waals surface area contributed by atoms with Gasteiger partial charge in [-0.3, -0.25) is 0 Å². The molecule has 0 aromatic carbocycles. The van der Waals surface area contributed by atoms with E-state index in [2.05, 4.69) is 37.5 Å². The molecule has 0 aliphatic heterocycles. The molecule has 0 radical (unpaired) electrons. The van der Waals surface area contributed by atoms with Crippen LogP contribution in [0.4, 0.5) is 0 Å². The first-order valence-corrected chi connectivity index (χ1v) is 20.0. The summed E-state index contributed by atoms with van der Waals surface area (Å²) in [6.07, 6.45) is 18.7. The fraction of sp³-hybridized carbons (Fsp3) is 0.333. The molecule has 0 bridgehead atoms. The molecule has 0 N–H and O–H groups in total. The third-order valence-electron chi connectivity index (χ3n) is 4.05. The Morgan fingerprint density at radius 2 is 1.33 bits per heavy atom. The van der Waals surface area contributed by atoms with Crippen LogP contribution in [-0.4, -0.2) is 0 Å². The molecule has 0 unspecified atom stereocenters. The minimum atomic E-state index is -3.55. The molecule has 3 heteroatoms. The molecule has 2 aliphatic rings. The number of hydrogen-bond acceptors (Lipinski definition) is 0. The Labute approximate surface area is 140 Å². The Balaban J connectivity index is 2.28. The van der Waals surface area contributed by atoms with Gasteiger partial charge in [-0.25, -0.2) is 0 Å². The summed E-state index contributed by atoms with van der Waals surface area (Å²) in [6, 6.07) is 0. The third kappa shape index (κ3) is 4.00. The van der Waals surface area contributed by atoms with Gasteiger partial charge in [0.25, 0.3) is 0 Å². The molecule has 0 saturated heterocycles. The molecule has 0 aromatic heterocycles. The quantitative estimate of drug-likeness (QED) is 0.261. The van der Waals surface area contributed by atoms with Crippen LogP contribution < -0.4 is 0 Å². The van der Waals surface area contributed by atoms with Gasteiger partial charge in [0.2, 0.25) is 0 Å². The predicted octanol–water partition coefficient (Wildman–Crippen LogP) is 6.81. The Morgan fingerprint density at radius 1 is 0.905 bits per heavy atom. The molecule has 0 atom stereocenters. The van der Waals surface area contributed by atoms with Crippen molar-refractivity contribution in [2.24, 2.45) is 0 Å². The Morgan fingerprint density at radius 3 is 1.71 bits per heavy atom. The second-order valence-corrected chi connectivity index (χ2v) is 24.8. The minimum absolute atomic E-state index is 0.944. The Bertz CT molecular complexity index is 500. The van der Waals surface area contributed by atoms with Crippen molar-refractivity contribution in [1.29, 1.82) is 0 Å². The van der Waals surface area contributed by atoms with E-state index >= 15 is 0 Å². The Hall–Kier alpha value is -0.110. The van der Waals surface area contributed by atoms with Crippen molar-refractivity contribution >= 4 is 17.2 Å². The standard InChI is InChI=1S/2C9H11.2ClH.Hf/c2*1-2-3-6-9-7-4-5-8-9;;;/h2*2,4,7H,1,3,5-6H2;2*1H;/q;;;;+2/p-2. The summed E-state index contributed by atoms with van der Waals surface area (Å²) in [5, 5.41) is 0. The van der Waals surface area contributed by atoms with Crippen LogP contribution in [0, 0.1) is 0 Å². The predicted molar refractivity (Wildman–Crippen MR) is 92.1 cm³/mol. The van der Waals surface area contributed by atoms with Gasteiger partial charge < -0.3 is 0 Å². The first-order chi connectivity index (χ1) is 10.1.